The summed E-state index contributed by atoms with van der Waals surface area (Å²) in [5, 5.41) is 9.76. The lowest BCUT2D eigenvalue weighted by Crippen LogP contribution is -2.25. The van der Waals surface area contributed by atoms with Gasteiger partial charge in [-0.2, -0.15) is 0 Å². The van der Waals surface area contributed by atoms with Crippen molar-refractivity contribution in [1.82, 2.24) is 0 Å². The van der Waals surface area contributed by atoms with Crippen molar-refractivity contribution in [3.8, 4) is 0 Å². The number of hydrogen-bond acceptors (Lipinski definition) is 5. The second-order valence-electron chi connectivity index (χ2n) is 8.14. The highest BCUT2D eigenvalue weighted by atomic mass is 16.5. The van der Waals surface area contributed by atoms with Gasteiger partial charge in [0, 0.05) is 0 Å². The largest absolute Gasteiger partial charge is 0.434 e. The van der Waals surface area contributed by atoms with Gasteiger partial charge in [0.15, 0.2) is 6.10 Å². The van der Waals surface area contributed by atoms with E-state index in [4.69, 9.17) is 9.47 Å². The molecule has 1 N–H and O–H groups in total. The number of ether oxygens (including phenoxy) is 2. The predicted molar refractivity (Wildman–Crippen MR) is 117 cm³/mol. The van der Waals surface area contributed by atoms with E-state index in [1.54, 1.807) is 12.2 Å². The van der Waals surface area contributed by atoms with Crippen LogP contribution in [0.3, 0.4) is 0 Å². The molecule has 0 aromatic heterocycles. The van der Waals surface area contributed by atoms with E-state index in [0.717, 1.165) is 49.7 Å². The first-order chi connectivity index (χ1) is 13.6. The molecule has 5 nitrogen and oxygen atoms in total. The molecule has 0 heterocycles. The molecule has 0 aliphatic carbocycles. The Kier molecular flexibility index (Phi) is 14.6. The third-order valence-electron chi connectivity index (χ3n) is 4.18. The summed E-state index contributed by atoms with van der Waals surface area (Å²) >= 11 is 0. The Morgan fingerprint density at radius 2 is 1.31 bits per heavy atom. The van der Waals surface area contributed by atoms with Gasteiger partial charge >= 0.3 is 11.9 Å². The number of esters is 2. The molecule has 0 aliphatic heterocycles. The van der Waals surface area contributed by atoms with E-state index in [0.29, 0.717) is 11.8 Å². The minimum Gasteiger partial charge on any atom is -0.434 e. The minimum atomic E-state index is -1.58. The van der Waals surface area contributed by atoms with Crippen molar-refractivity contribution in [2.75, 3.05) is 0 Å². The van der Waals surface area contributed by atoms with E-state index < -0.39 is 24.5 Å². The van der Waals surface area contributed by atoms with Crippen LogP contribution in [0.4, 0.5) is 0 Å². The molecule has 5 heteroatoms. The molecular weight excluding hydrogens is 368 g/mol. The van der Waals surface area contributed by atoms with E-state index in [1.807, 2.05) is 0 Å². The van der Waals surface area contributed by atoms with E-state index in [-0.39, 0.29) is 0 Å². The van der Waals surface area contributed by atoms with Crippen LogP contribution in [-0.4, -0.2) is 23.1 Å². The van der Waals surface area contributed by atoms with Gasteiger partial charge in [0.25, 0.3) is 0 Å². The van der Waals surface area contributed by atoms with Crippen molar-refractivity contribution in [2.24, 2.45) is 11.8 Å². The van der Waals surface area contributed by atoms with Crippen LogP contribution >= 0.6 is 0 Å². The van der Waals surface area contributed by atoms with E-state index >= 15 is 0 Å². The molecule has 29 heavy (non-hydrogen) atoms. The highest BCUT2D eigenvalue weighted by molar-refractivity contribution is 5.82. The molecule has 1 atom stereocenters. The number of allylic oxidation sites excluding steroid dienone is 4. The van der Waals surface area contributed by atoms with E-state index in [2.05, 4.69) is 40.9 Å². The molecular formula is C24H38O5. The Balaban J connectivity index is 4.10. The molecule has 0 aliphatic rings. The van der Waals surface area contributed by atoms with Crippen LogP contribution in [-0.2, 0) is 19.1 Å². The number of aliphatic hydroxyl groups is 1. The Hall–Kier alpha value is -2.14. The van der Waals surface area contributed by atoms with Gasteiger partial charge in [0.2, 0.25) is 0 Å². The molecule has 0 spiro atoms. The van der Waals surface area contributed by atoms with Gasteiger partial charge in [0.1, 0.15) is 0 Å². The zero-order chi connectivity index (χ0) is 22.2. The number of carbonyl (C=O) groups is 2. The minimum absolute atomic E-state index is 0.480. The summed E-state index contributed by atoms with van der Waals surface area (Å²) in [6.07, 6.45) is 9.48. The summed E-state index contributed by atoms with van der Waals surface area (Å²) in [6, 6.07) is 0. The smallest absolute Gasteiger partial charge is 0.340 e. The topological polar surface area (TPSA) is 72.8 Å². The number of hydrogen-bond donors (Lipinski definition) is 1. The summed E-state index contributed by atoms with van der Waals surface area (Å²) in [5.74, 6) is -0.348. The molecule has 164 valence electrons. The van der Waals surface area contributed by atoms with E-state index in [9.17, 15) is 14.7 Å². The van der Waals surface area contributed by atoms with Crippen molar-refractivity contribution in [3.63, 3.8) is 0 Å². The predicted octanol–water partition coefficient (Wildman–Crippen LogP) is 5.62. The number of rotatable bonds is 15. The molecule has 0 radical (unpaired) electrons. The van der Waals surface area contributed by atoms with Crippen molar-refractivity contribution < 1.29 is 24.2 Å². The van der Waals surface area contributed by atoms with Crippen LogP contribution in [0.15, 0.2) is 49.0 Å². The number of carbonyl (C=O) groups excluding carboxylic acids is 2. The standard InChI is InChI=1S/C24H38O5/c1-18(2)9-7-11-20(5)13-15-28-23(26)17-22(25)24(27)29-16-14-21(6)12-8-10-19(3)4/h13-16,18-19,22,25H,5-12,17H2,1-4H3. The first-order valence-corrected chi connectivity index (χ1v) is 10.4. The molecule has 0 saturated heterocycles. The lowest BCUT2D eigenvalue weighted by molar-refractivity contribution is -0.153. The van der Waals surface area contributed by atoms with Crippen LogP contribution in [0.2, 0.25) is 0 Å². The fourth-order valence-corrected chi connectivity index (χ4v) is 2.41. The van der Waals surface area contributed by atoms with Gasteiger partial charge in [-0.1, -0.05) is 64.8 Å². The second-order valence-corrected chi connectivity index (χ2v) is 8.14. The molecule has 0 aromatic carbocycles. The fraction of sp³-hybridized carbons (Fsp3) is 0.583. The van der Waals surface area contributed by atoms with Crippen molar-refractivity contribution in [3.05, 3.63) is 49.0 Å². The maximum Gasteiger partial charge on any atom is 0.340 e. The van der Waals surface area contributed by atoms with Crippen molar-refractivity contribution in [2.45, 2.75) is 78.7 Å². The van der Waals surface area contributed by atoms with Crippen molar-refractivity contribution >= 4 is 11.9 Å². The van der Waals surface area contributed by atoms with Gasteiger partial charge in [-0.05, 0) is 49.7 Å². The zero-order valence-corrected chi connectivity index (χ0v) is 18.5. The van der Waals surface area contributed by atoms with Gasteiger partial charge in [-0.25, -0.2) is 4.79 Å². The quantitative estimate of drug-likeness (QED) is 0.217. The lowest BCUT2D eigenvalue weighted by Gasteiger charge is -2.07. The van der Waals surface area contributed by atoms with Crippen LogP contribution in [0.25, 0.3) is 0 Å². The first kappa shape index (κ1) is 26.9. The Labute approximate surface area is 176 Å². The third-order valence-corrected chi connectivity index (χ3v) is 4.18. The average molecular weight is 407 g/mol. The lowest BCUT2D eigenvalue weighted by atomic mass is 10.0. The normalized spacial score (nSPS) is 12.7. The van der Waals surface area contributed by atoms with Gasteiger partial charge < -0.3 is 14.6 Å². The third kappa shape index (κ3) is 16.5. The molecule has 0 aromatic rings. The Morgan fingerprint density at radius 3 is 1.76 bits per heavy atom. The monoisotopic (exact) mass is 406 g/mol. The van der Waals surface area contributed by atoms with Gasteiger partial charge in [0.05, 0.1) is 18.9 Å². The van der Waals surface area contributed by atoms with Crippen LogP contribution in [0.5, 0.6) is 0 Å². The summed E-state index contributed by atoms with van der Waals surface area (Å²) < 4.78 is 9.73. The SMILES string of the molecule is C=C(C=COC(=O)CC(O)C(=O)OC=CC(=C)CCCC(C)C)CCCC(C)C. The Bertz CT molecular complexity index is 584. The second kappa shape index (κ2) is 15.7. The highest BCUT2D eigenvalue weighted by Gasteiger charge is 2.20. The highest BCUT2D eigenvalue weighted by Crippen LogP contribution is 2.13. The van der Waals surface area contributed by atoms with Gasteiger partial charge in [-0.15, -0.1) is 0 Å². The summed E-state index contributed by atoms with van der Waals surface area (Å²) in [5.41, 5.74) is 1.70. The molecule has 0 fully saturated rings. The summed E-state index contributed by atoms with van der Waals surface area (Å²) in [7, 11) is 0. The van der Waals surface area contributed by atoms with Crippen LogP contribution in [0, 0.1) is 11.8 Å². The summed E-state index contributed by atoms with van der Waals surface area (Å²) in [4.78, 5) is 23.4. The maximum atomic E-state index is 11.7. The molecule has 1 unspecified atom stereocenters. The average Bonchev–Trinajstić information content (AvgIpc) is 2.60. The molecule has 0 saturated carbocycles. The number of aliphatic hydroxyl groups excluding tert-OH is 1. The van der Waals surface area contributed by atoms with Crippen LogP contribution < -0.4 is 0 Å². The van der Waals surface area contributed by atoms with E-state index in [1.165, 1.54) is 12.5 Å². The summed E-state index contributed by atoms with van der Waals surface area (Å²) in [6.45, 7) is 16.4. The maximum absolute atomic E-state index is 11.7. The van der Waals surface area contributed by atoms with Crippen molar-refractivity contribution in [1.29, 1.82) is 0 Å². The Morgan fingerprint density at radius 1 is 0.862 bits per heavy atom. The molecule has 0 rings (SSSR count). The van der Waals surface area contributed by atoms with Gasteiger partial charge in [-0.3, -0.25) is 4.79 Å². The molecule has 0 bridgehead atoms. The fourth-order valence-electron chi connectivity index (χ4n) is 2.41. The first-order valence-electron chi connectivity index (χ1n) is 10.4. The molecule has 0 amide bonds. The zero-order valence-electron chi connectivity index (χ0n) is 18.5. The van der Waals surface area contributed by atoms with Crippen LogP contribution in [0.1, 0.15) is 72.6 Å².